The Morgan fingerprint density at radius 3 is 1.70 bits per heavy atom. The maximum absolute atomic E-state index is 6.54. The molecule has 0 saturated carbocycles. The van der Waals surface area contributed by atoms with Gasteiger partial charge >= 0.3 is 0 Å². The summed E-state index contributed by atoms with van der Waals surface area (Å²) < 4.78 is 11.5. The van der Waals surface area contributed by atoms with E-state index in [1.807, 2.05) is 84.1 Å². The lowest BCUT2D eigenvalue weighted by atomic mass is 10.0. The van der Waals surface area contributed by atoms with Gasteiger partial charge in [-0.25, -0.2) is 15.0 Å². The molecule has 0 saturated heterocycles. The van der Waals surface area contributed by atoms with E-state index in [4.69, 9.17) is 19.4 Å². The Hall–Kier alpha value is -7.41. The fourth-order valence-electron chi connectivity index (χ4n) is 8.38. The maximum Gasteiger partial charge on any atom is 0.164 e. The highest BCUT2D eigenvalue weighted by molar-refractivity contribution is 7.26. The Bertz CT molecular complexity index is 3420. The normalized spacial score (nSPS) is 11.9. The monoisotopic (exact) mass is 746 g/mol. The molecule has 12 aromatic rings. The number of rotatable bonds is 5. The quantitative estimate of drug-likeness (QED) is 0.176. The molecule has 0 aliphatic heterocycles. The molecular weight excluding hydrogens is 717 g/mol. The first-order chi connectivity index (χ1) is 28.2. The number of benzene rings is 8. The minimum Gasteiger partial charge on any atom is -0.456 e. The molecule has 0 amide bonds. The molecule has 266 valence electrons. The van der Waals surface area contributed by atoms with Crippen molar-refractivity contribution in [1.29, 1.82) is 0 Å². The van der Waals surface area contributed by atoms with E-state index in [0.717, 1.165) is 49.9 Å². The van der Waals surface area contributed by atoms with Gasteiger partial charge in [0.25, 0.3) is 0 Å². The van der Waals surface area contributed by atoms with Crippen molar-refractivity contribution in [2.24, 2.45) is 0 Å². The van der Waals surface area contributed by atoms with Crippen molar-refractivity contribution in [2.45, 2.75) is 0 Å². The third kappa shape index (κ3) is 5.12. The first kappa shape index (κ1) is 31.9. The summed E-state index contributed by atoms with van der Waals surface area (Å²) in [5.74, 6) is 1.90. The summed E-state index contributed by atoms with van der Waals surface area (Å²) in [5, 5.41) is 7.13. The van der Waals surface area contributed by atoms with E-state index < -0.39 is 0 Å². The molecule has 4 aromatic heterocycles. The molecule has 5 nitrogen and oxygen atoms in total. The smallest absolute Gasteiger partial charge is 0.164 e. The maximum atomic E-state index is 6.54. The number of nitrogens with zero attached hydrogens (tertiary/aromatic N) is 4. The Kier molecular flexibility index (Phi) is 7.03. The van der Waals surface area contributed by atoms with Crippen LogP contribution in [-0.4, -0.2) is 19.5 Å². The van der Waals surface area contributed by atoms with E-state index in [1.165, 1.54) is 47.5 Å². The van der Waals surface area contributed by atoms with Crippen LogP contribution in [0, 0.1) is 0 Å². The minimum atomic E-state index is 0.619. The van der Waals surface area contributed by atoms with E-state index >= 15 is 0 Å². The number of fused-ring (bicyclic) bond motifs is 9. The molecule has 12 rings (SSSR count). The summed E-state index contributed by atoms with van der Waals surface area (Å²) in [6.45, 7) is 0. The molecule has 57 heavy (non-hydrogen) atoms. The second-order valence-corrected chi connectivity index (χ2v) is 15.4. The summed E-state index contributed by atoms with van der Waals surface area (Å²) in [5.41, 5.74) is 10.4. The van der Waals surface area contributed by atoms with Crippen molar-refractivity contribution in [3.8, 4) is 51.0 Å². The van der Waals surface area contributed by atoms with Crippen molar-refractivity contribution < 1.29 is 4.42 Å². The summed E-state index contributed by atoms with van der Waals surface area (Å²) in [6, 6.07) is 63.8. The first-order valence-corrected chi connectivity index (χ1v) is 19.8. The van der Waals surface area contributed by atoms with Gasteiger partial charge in [0, 0.05) is 64.1 Å². The van der Waals surface area contributed by atoms with Crippen LogP contribution in [0.4, 0.5) is 0 Å². The molecule has 8 aromatic carbocycles. The van der Waals surface area contributed by atoms with Gasteiger partial charge in [0.15, 0.2) is 17.5 Å². The number of furan rings is 1. The molecule has 0 radical (unpaired) electrons. The molecule has 4 heterocycles. The van der Waals surface area contributed by atoms with Gasteiger partial charge in [0.1, 0.15) is 11.2 Å². The molecule has 0 aliphatic rings. The van der Waals surface area contributed by atoms with E-state index in [2.05, 4.69) is 114 Å². The zero-order chi connectivity index (χ0) is 37.5. The van der Waals surface area contributed by atoms with Gasteiger partial charge in [-0.2, -0.15) is 0 Å². The summed E-state index contributed by atoms with van der Waals surface area (Å²) in [6.07, 6.45) is 0. The summed E-state index contributed by atoms with van der Waals surface area (Å²) in [4.78, 5) is 14.8. The molecule has 0 unspecified atom stereocenters. The van der Waals surface area contributed by atoms with Crippen LogP contribution in [0.1, 0.15) is 0 Å². The number of aromatic nitrogens is 4. The van der Waals surface area contributed by atoms with Crippen molar-refractivity contribution in [3.63, 3.8) is 0 Å². The molecule has 0 spiro atoms. The lowest BCUT2D eigenvalue weighted by Crippen LogP contribution is -2.00. The highest BCUT2D eigenvalue weighted by Gasteiger charge is 2.18. The van der Waals surface area contributed by atoms with Crippen LogP contribution in [0.25, 0.3) is 115 Å². The van der Waals surface area contributed by atoms with E-state index in [1.54, 1.807) is 0 Å². The second-order valence-electron chi connectivity index (χ2n) is 14.4. The summed E-state index contributed by atoms with van der Waals surface area (Å²) in [7, 11) is 0. The molecule has 6 heteroatoms. The lowest BCUT2D eigenvalue weighted by Gasteiger charge is -2.08. The van der Waals surface area contributed by atoms with Crippen LogP contribution in [0.15, 0.2) is 186 Å². The highest BCUT2D eigenvalue weighted by atomic mass is 32.1. The first-order valence-electron chi connectivity index (χ1n) is 19.0. The SMILES string of the molecule is c1ccc(-c2nc(-c3ccccc3)nc(-c3ccc4oc5cc(-c6cccc7c6sc6ccc(-n8c9ccccc9c9ccccc98)cc67)ccc5c4c3)n2)cc1. The van der Waals surface area contributed by atoms with Crippen LogP contribution in [-0.2, 0) is 0 Å². The zero-order valence-corrected chi connectivity index (χ0v) is 31.2. The van der Waals surface area contributed by atoms with E-state index in [-0.39, 0.29) is 0 Å². The largest absolute Gasteiger partial charge is 0.456 e. The molecular formula is C51H30N4OS. The van der Waals surface area contributed by atoms with Gasteiger partial charge in [0.2, 0.25) is 0 Å². The van der Waals surface area contributed by atoms with Crippen LogP contribution >= 0.6 is 11.3 Å². The van der Waals surface area contributed by atoms with Gasteiger partial charge in [0.05, 0.1) is 11.0 Å². The molecule has 0 atom stereocenters. The molecule has 0 aliphatic carbocycles. The van der Waals surface area contributed by atoms with Gasteiger partial charge in [-0.3, -0.25) is 0 Å². The van der Waals surface area contributed by atoms with Crippen molar-refractivity contribution in [1.82, 2.24) is 19.5 Å². The fourth-order valence-corrected chi connectivity index (χ4v) is 9.59. The Morgan fingerprint density at radius 2 is 1.00 bits per heavy atom. The lowest BCUT2D eigenvalue weighted by molar-refractivity contribution is 0.669. The van der Waals surface area contributed by atoms with Crippen LogP contribution in [0.2, 0.25) is 0 Å². The van der Waals surface area contributed by atoms with Crippen LogP contribution in [0.5, 0.6) is 0 Å². The minimum absolute atomic E-state index is 0.619. The van der Waals surface area contributed by atoms with Crippen molar-refractivity contribution in [2.75, 3.05) is 0 Å². The molecule has 0 bridgehead atoms. The number of para-hydroxylation sites is 2. The average molecular weight is 747 g/mol. The van der Waals surface area contributed by atoms with Gasteiger partial charge in [-0.15, -0.1) is 11.3 Å². The number of hydrogen-bond acceptors (Lipinski definition) is 5. The third-order valence-corrected chi connectivity index (χ3v) is 12.3. The summed E-state index contributed by atoms with van der Waals surface area (Å²) >= 11 is 1.85. The number of thiophene rings is 1. The van der Waals surface area contributed by atoms with E-state index in [9.17, 15) is 0 Å². The average Bonchev–Trinajstić information content (AvgIpc) is 3.95. The number of hydrogen-bond donors (Lipinski definition) is 0. The zero-order valence-electron chi connectivity index (χ0n) is 30.4. The van der Waals surface area contributed by atoms with Gasteiger partial charge in [-0.05, 0) is 71.8 Å². The van der Waals surface area contributed by atoms with Gasteiger partial charge in [-0.1, -0.05) is 121 Å². The fraction of sp³-hybridized carbons (Fsp3) is 0. The van der Waals surface area contributed by atoms with E-state index in [0.29, 0.717) is 17.5 Å². The van der Waals surface area contributed by atoms with Crippen LogP contribution in [0.3, 0.4) is 0 Å². The second kappa shape index (κ2) is 12.6. The molecule has 0 N–H and O–H groups in total. The highest BCUT2D eigenvalue weighted by Crippen LogP contribution is 2.43. The molecule has 0 fully saturated rings. The topological polar surface area (TPSA) is 56.7 Å². The van der Waals surface area contributed by atoms with Crippen molar-refractivity contribution >= 4 is 75.3 Å². The Morgan fingerprint density at radius 1 is 0.386 bits per heavy atom. The third-order valence-electron chi connectivity index (χ3n) is 11.1. The standard InChI is InChI=1S/C51H30N4OS/c1-3-12-31(13-4-1)49-52-50(32-14-5-2-6-15-32)54-51(53-49)34-23-26-45-41(28-34)39-25-22-33(29-46(39)56-45)36-18-11-19-40-42-30-35(24-27-47(42)57-48(36)40)55-43-20-9-7-16-37(43)38-17-8-10-21-44(38)55/h1-30H. The van der Waals surface area contributed by atoms with Crippen LogP contribution < -0.4 is 0 Å². The van der Waals surface area contributed by atoms with Crippen molar-refractivity contribution in [3.05, 3.63) is 182 Å². The Labute approximate surface area is 330 Å². The predicted octanol–water partition coefficient (Wildman–Crippen LogP) is 13.9. The van der Waals surface area contributed by atoms with Gasteiger partial charge < -0.3 is 8.98 Å². The predicted molar refractivity (Wildman–Crippen MR) is 236 cm³/mol. The Balaban J connectivity index is 0.957.